The summed E-state index contributed by atoms with van der Waals surface area (Å²) in [5, 5.41) is 4.51. The van der Waals surface area contributed by atoms with Crippen LogP contribution in [0, 0.1) is 0 Å². The highest BCUT2D eigenvalue weighted by Gasteiger charge is 2.26. The van der Waals surface area contributed by atoms with Crippen molar-refractivity contribution in [2.45, 2.75) is 0 Å². The minimum atomic E-state index is 0.437. The number of fused-ring (bicyclic) bond motifs is 7. The van der Waals surface area contributed by atoms with Crippen molar-refractivity contribution in [2.75, 3.05) is 0 Å². The standard InChI is InChI=1S/C36H22N6O/c1-3-15-29-24(11-1)25-17-18-31-32(26-12-2-4-16-30(26)41(31)23-10-9-19-37-22-23)34(25)42(29)36-33(27-13-5-7-20-38-27)40-35(43-36)28-14-6-8-21-39-28/h1-22H. The third-order valence-electron chi connectivity index (χ3n) is 7.98. The highest BCUT2D eigenvalue weighted by molar-refractivity contribution is 6.26. The molecule has 7 heteroatoms. The van der Waals surface area contributed by atoms with E-state index in [1.165, 1.54) is 0 Å². The van der Waals surface area contributed by atoms with Gasteiger partial charge in [-0.3, -0.25) is 19.5 Å². The first-order valence-electron chi connectivity index (χ1n) is 14.1. The zero-order valence-electron chi connectivity index (χ0n) is 22.8. The van der Waals surface area contributed by atoms with Crippen LogP contribution in [0.5, 0.6) is 0 Å². The molecule has 0 amide bonds. The lowest BCUT2D eigenvalue weighted by Crippen LogP contribution is -1.97. The van der Waals surface area contributed by atoms with Gasteiger partial charge in [0.1, 0.15) is 5.69 Å². The Hall–Kier alpha value is -6.08. The average molecular weight is 555 g/mol. The smallest absolute Gasteiger partial charge is 0.248 e. The minimum Gasteiger partial charge on any atom is -0.417 e. The summed E-state index contributed by atoms with van der Waals surface area (Å²) in [6, 6.07) is 37.0. The van der Waals surface area contributed by atoms with E-state index >= 15 is 0 Å². The number of aromatic nitrogens is 6. The van der Waals surface area contributed by atoms with E-state index in [2.05, 4.69) is 90.8 Å². The van der Waals surface area contributed by atoms with Crippen LogP contribution in [0.1, 0.15) is 0 Å². The summed E-state index contributed by atoms with van der Waals surface area (Å²) in [5.74, 6) is 1.03. The molecule has 202 valence electrons. The normalized spacial score (nSPS) is 11.7. The Kier molecular flexibility index (Phi) is 5.06. The van der Waals surface area contributed by atoms with Gasteiger partial charge in [-0.2, -0.15) is 0 Å². The predicted molar refractivity (Wildman–Crippen MR) is 169 cm³/mol. The summed E-state index contributed by atoms with van der Waals surface area (Å²) in [5.41, 5.74) is 7.27. The third kappa shape index (κ3) is 3.48. The SMILES string of the molecule is c1ccc(-c2nc(-c3ccccn3)c(-n3c4ccccc4c4ccc5c(c6ccccc6n5-c5cccnc5)c43)o2)nc1. The fraction of sp³-hybridized carbons (Fsp3) is 0. The van der Waals surface area contributed by atoms with E-state index in [0.717, 1.165) is 55.0 Å². The van der Waals surface area contributed by atoms with Gasteiger partial charge in [0.05, 0.1) is 39.6 Å². The molecule has 7 nitrogen and oxygen atoms in total. The largest absolute Gasteiger partial charge is 0.417 e. The molecule has 0 saturated carbocycles. The molecular weight excluding hydrogens is 532 g/mol. The van der Waals surface area contributed by atoms with Gasteiger partial charge in [-0.25, -0.2) is 4.98 Å². The molecule has 6 aromatic heterocycles. The van der Waals surface area contributed by atoms with Crippen molar-refractivity contribution in [3.63, 3.8) is 0 Å². The van der Waals surface area contributed by atoms with E-state index < -0.39 is 0 Å². The highest BCUT2D eigenvalue weighted by Crippen LogP contribution is 2.43. The molecule has 6 heterocycles. The van der Waals surface area contributed by atoms with Gasteiger partial charge in [-0.05, 0) is 54.6 Å². The maximum Gasteiger partial charge on any atom is 0.248 e. The molecule has 0 atom stereocenters. The van der Waals surface area contributed by atoms with Crippen molar-refractivity contribution in [3.05, 3.63) is 134 Å². The summed E-state index contributed by atoms with van der Waals surface area (Å²) in [4.78, 5) is 18.6. The lowest BCUT2D eigenvalue weighted by molar-refractivity contribution is 0.552. The van der Waals surface area contributed by atoms with Crippen molar-refractivity contribution >= 4 is 43.6 Å². The molecule has 0 aliphatic carbocycles. The Balaban J connectivity index is 1.48. The zero-order chi connectivity index (χ0) is 28.3. The van der Waals surface area contributed by atoms with Crippen molar-refractivity contribution < 1.29 is 4.42 Å². The van der Waals surface area contributed by atoms with Gasteiger partial charge in [0.2, 0.25) is 11.8 Å². The summed E-state index contributed by atoms with van der Waals surface area (Å²) < 4.78 is 11.2. The van der Waals surface area contributed by atoms with Crippen LogP contribution in [0.2, 0.25) is 0 Å². The summed E-state index contributed by atoms with van der Waals surface area (Å²) in [6.07, 6.45) is 7.23. The topological polar surface area (TPSA) is 74.6 Å². The van der Waals surface area contributed by atoms with Crippen LogP contribution in [0.3, 0.4) is 0 Å². The van der Waals surface area contributed by atoms with Gasteiger partial charge in [-0.15, -0.1) is 0 Å². The second kappa shape index (κ2) is 9.22. The molecule has 9 rings (SSSR count). The average Bonchev–Trinajstić information content (AvgIpc) is 3.76. The maximum absolute atomic E-state index is 6.70. The van der Waals surface area contributed by atoms with Gasteiger partial charge >= 0.3 is 0 Å². The first kappa shape index (κ1) is 23.6. The van der Waals surface area contributed by atoms with Crippen LogP contribution in [0.15, 0.2) is 138 Å². The molecule has 9 aromatic rings. The highest BCUT2D eigenvalue weighted by atomic mass is 16.4. The second-order valence-electron chi connectivity index (χ2n) is 10.4. The van der Waals surface area contributed by atoms with Crippen molar-refractivity contribution in [1.29, 1.82) is 0 Å². The molecule has 3 aromatic carbocycles. The van der Waals surface area contributed by atoms with Crippen LogP contribution in [-0.4, -0.2) is 29.1 Å². The number of benzene rings is 3. The Morgan fingerprint density at radius 1 is 0.535 bits per heavy atom. The van der Waals surface area contributed by atoms with Gasteiger partial charge in [0.25, 0.3) is 0 Å². The number of hydrogen-bond acceptors (Lipinski definition) is 5. The number of pyridine rings is 3. The molecule has 0 fully saturated rings. The first-order valence-corrected chi connectivity index (χ1v) is 14.1. The van der Waals surface area contributed by atoms with Gasteiger partial charge in [0, 0.05) is 40.1 Å². The Labute approximate surface area is 245 Å². The third-order valence-corrected chi connectivity index (χ3v) is 7.98. The first-order chi connectivity index (χ1) is 21.4. The van der Waals surface area contributed by atoms with E-state index in [1.807, 2.05) is 48.7 Å². The zero-order valence-corrected chi connectivity index (χ0v) is 22.8. The Morgan fingerprint density at radius 3 is 2.00 bits per heavy atom. The number of rotatable bonds is 4. The van der Waals surface area contributed by atoms with Crippen LogP contribution >= 0.6 is 0 Å². The number of nitrogens with zero attached hydrogens (tertiary/aromatic N) is 6. The molecule has 0 aliphatic rings. The lowest BCUT2D eigenvalue weighted by Gasteiger charge is -2.09. The molecule has 0 unspecified atom stereocenters. The van der Waals surface area contributed by atoms with Crippen molar-refractivity contribution in [2.24, 2.45) is 0 Å². The molecule has 0 bridgehead atoms. The van der Waals surface area contributed by atoms with Crippen LogP contribution in [-0.2, 0) is 0 Å². The quantitative estimate of drug-likeness (QED) is 0.218. The second-order valence-corrected chi connectivity index (χ2v) is 10.4. The molecular formula is C36H22N6O. The van der Waals surface area contributed by atoms with E-state index in [1.54, 1.807) is 18.6 Å². The van der Waals surface area contributed by atoms with Gasteiger partial charge in [-0.1, -0.05) is 54.6 Å². The van der Waals surface area contributed by atoms with Crippen molar-refractivity contribution in [3.8, 4) is 34.5 Å². The summed E-state index contributed by atoms with van der Waals surface area (Å²) >= 11 is 0. The lowest BCUT2D eigenvalue weighted by atomic mass is 10.1. The monoisotopic (exact) mass is 554 g/mol. The molecule has 0 N–H and O–H groups in total. The molecule has 0 aliphatic heterocycles. The fourth-order valence-corrected chi connectivity index (χ4v) is 6.22. The number of oxazole rings is 1. The summed E-state index contributed by atoms with van der Waals surface area (Å²) in [7, 11) is 0. The van der Waals surface area contributed by atoms with Crippen molar-refractivity contribution in [1.82, 2.24) is 29.1 Å². The predicted octanol–water partition coefficient (Wildman–Crippen LogP) is 8.39. The number of para-hydroxylation sites is 2. The Morgan fingerprint density at radius 2 is 1.26 bits per heavy atom. The van der Waals surface area contributed by atoms with E-state index in [0.29, 0.717) is 23.2 Å². The van der Waals surface area contributed by atoms with Crippen LogP contribution < -0.4 is 0 Å². The van der Waals surface area contributed by atoms with Gasteiger partial charge in [0.15, 0.2) is 5.69 Å². The summed E-state index contributed by atoms with van der Waals surface area (Å²) in [6.45, 7) is 0. The van der Waals surface area contributed by atoms with Crippen LogP contribution in [0.25, 0.3) is 78.2 Å². The molecule has 0 radical (unpaired) electrons. The Bertz CT molecular complexity index is 2440. The van der Waals surface area contributed by atoms with Crippen LogP contribution in [0.4, 0.5) is 0 Å². The maximum atomic E-state index is 6.70. The van der Waals surface area contributed by atoms with Gasteiger partial charge < -0.3 is 8.98 Å². The van der Waals surface area contributed by atoms with E-state index in [4.69, 9.17) is 9.40 Å². The number of hydrogen-bond donors (Lipinski definition) is 0. The molecule has 0 saturated heterocycles. The fourth-order valence-electron chi connectivity index (χ4n) is 6.22. The van der Waals surface area contributed by atoms with E-state index in [-0.39, 0.29) is 0 Å². The molecule has 43 heavy (non-hydrogen) atoms. The molecule has 0 spiro atoms. The van der Waals surface area contributed by atoms with E-state index in [9.17, 15) is 0 Å². The minimum absolute atomic E-state index is 0.437.